The van der Waals surface area contributed by atoms with Crippen molar-refractivity contribution in [1.82, 2.24) is 4.57 Å². The molecule has 0 aromatic heterocycles. The Morgan fingerprint density at radius 1 is 0.833 bits per heavy atom. The number of benzene rings is 2. The molecule has 2 heteroatoms. The highest BCUT2D eigenvalue weighted by atomic mass is 28.3. The molecule has 0 bridgehead atoms. The van der Waals surface area contributed by atoms with E-state index in [0.717, 1.165) is 6.42 Å². The van der Waals surface area contributed by atoms with Gasteiger partial charge in [-0.25, -0.2) is 0 Å². The van der Waals surface area contributed by atoms with E-state index in [1.807, 2.05) is 0 Å². The molecule has 0 saturated heterocycles. The van der Waals surface area contributed by atoms with Gasteiger partial charge in [-0.15, -0.1) is 0 Å². The van der Waals surface area contributed by atoms with Crippen molar-refractivity contribution in [2.24, 2.45) is 0 Å². The summed E-state index contributed by atoms with van der Waals surface area (Å²) in [6.45, 7) is 2.31. The molecule has 30 heavy (non-hydrogen) atoms. The summed E-state index contributed by atoms with van der Waals surface area (Å²) in [5.41, 5.74) is 3.28. The maximum Gasteiger partial charge on any atom is 0.204 e. The Morgan fingerprint density at radius 3 is 2.07 bits per heavy atom. The highest BCUT2D eigenvalue weighted by Crippen LogP contribution is 2.33. The van der Waals surface area contributed by atoms with Crippen LogP contribution in [0.4, 0.5) is 0 Å². The largest absolute Gasteiger partial charge is 0.392 e. The molecule has 0 radical (unpaired) electrons. The summed E-state index contributed by atoms with van der Waals surface area (Å²) in [7, 11) is -1.54. The van der Waals surface area contributed by atoms with Gasteiger partial charge < -0.3 is 4.57 Å². The SMILES string of the molecule is CCCCCC1=C(N(C2CCCCC2)[SiH](c2ccccc2)c2ccccc2)CC=C1. The summed E-state index contributed by atoms with van der Waals surface area (Å²) in [5, 5.41) is 3.11. The van der Waals surface area contributed by atoms with Crippen LogP contribution in [0.1, 0.15) is 71.1 Å². The number of allylic oxidation sites excluding steroid dienone is 3. The number of hydrogen-bond donors (Lipinski definition) is 0. The molecule has 0 heterocycles. The number of rotatable bonds is 9. The summed E-state index contributed by atoms with van der Waals surface area (Å²) in [5.74, 6) is 0. The zero-order chi connectivity index (χ0) is 20.6. The first-order valence-corrected chi connectivity index (χ1v) is 13.8. The van der Waals surface area contributed by atoms with E-state index in [0.29, 0.717) is 6.04 Å². The molecule has 0 spiro atoms. The van der Waals surface area contributed by atoms with Gasteiger partial charge in [0.15, 0.2) is 0 Å². The minimum absolute atomic E-state index is 0.701. The second-order valence-corrected chi connectivity index (χ2v) is 11.7. The standard InChI is InChI=1S/C28H37NSi/c1-2-3-7-15-24-16-14-23-28(24)29(25-17-8-4-9-18-25)30(26-19-10-5-11-20-26)27-21-12-6-13-22-27/h5-6,10-14,16,19-22,25,30H,2-4,7-9,15,17-18,23H2,1H3. The van der Waals surface area contributed by atoms with Crippen LogP contribution in [0.5, 0.6) is 0 Å². The van der Waals surface area contributed by atoms with Gasteiger partial charge in [0.05, 0.1) is 0 Å². The van der Waals surface area contributed by atoms with Gasteiger partial charge >= 0.3 is 0 Å². The first-order chi connectivity index (χ1) is 14.9. The lowest BCUT2D eigenvalue weighted by Gasteiger charge is -2.43. The molecule has 0 atom stereocenters. The highest BCUT2D eigenvalue weighted by Gasteiger charge is 2.34. The minimum atomic E-state index is -1.54. The quantitative estimate of drug-likeness (QED) is 0.361. The van der Waals surface area contributed by atoms with Crippen molar-refractivity contribution < 1.29 is 0 Å². The molecule has 2 aliphatic carbocycles. The minimum Gasteiger partial charge on any atom is -0.392 e. The van der Waals surface area contributed by atoms with Crippen molar-refractivity contribution >= 4 is 19.3 Å². The molecule has 2 aliphatic rings. The van der Waals surface area contributed by atoms with Crippen LogP contribution in [0.25, 0.3) is 0 Å². The van der Waals surface area contributed by atoms with E-state index in [4.69, 9.17) is 0 Å². The molecule has 158 valence electrons. The smallest absolute Gasteiger partial charge is 0.204 e. The molecular weight excluding hydrogens is 378 g/mol. The van der Waals surface area contributed by atoms with Crippen molar-refractivity contribution in [3.05, 3.63) is 84.1 Å². The lowest BCUT2D eigenvalue weighted by molar-refractivity contribution is 0.291. The van der Waals surface area contributed by atoms with E-state index in [-0.39, 0.29) is 0 Å². The number of hydrogen-bond acceptors (Lipinski definition) is 1. The Morgan fingerprint density at radius 2 is 1.47 bits per heavy atom. The van der Waals surface area contributed by atoms with Crippen molar-refractivity contribution in [1.29, 1.82) is 0 Å². The van der Waals surface area contributed by atoms with Crippen LogP contribution in [-0.2, 0) is 0 Å². The van der Waals surface area contributed by atoms with E-state index >= 15 is 0 Å². The second-order valence-electron chi connectivity index (χ2n) is 8.96. The van der Waals surface area contributed by atoms with E-state index in [1.54, 1.807) is 21.6 Å². The van der Waals surface area contributed by atoms with Crippen LogP contribution in [0.3, 0.4) is 0 Å². The van der Waals surface area contributed by atoms with Crippen molar-refractivity contribution in [2.45, 2.75) is 77.2 Å². The predicted molar refractivity (Wildman–Crippen MR) is 133 cm³/mol. The van der Waals surface area contributed by atoms with Gasteiger partial charge in [-0.1, -0.05) is 112 Å². The Balaban J connectivity index is 1.77. The molecule has 0 N–H and O–H groups in total. The third-order valence-corrected chi connectivity index (χ3v) is 10.2. The average molecular weight is 416 g/mol. The third-order valence-electron chi connectivity index (χ3n) is 6.84. The first kappa shape index (κ1) is 21.2. The second kappa shape index (κ2) is 10.8. The van der Waals surface area contributed by atoms with Gasteiger partial charge in [0.1, 0.15) is 0 Å². The van der Waals surface area contributed by atoms with Gasteiger partial charge in [-0.3, -0.25) is 0 Å². The third kappa shape index (κ3) is 4.98. The summed E-state index contributed by atoms with van der Waals surface area (Å²) in [6.07, 6.45) is 18.1. The van der Waals surface area contributed by atoms with E-state index in [1.165, 1.54) is 57.8 Å². The topological polar surface area (TPSA) is 3.24 Å². The number of unbranched alkanes of at least 4 members (excludes halogenated alkanes) is 2. The summed E-state index contributed by atoms with van der Waals surface area (Å²) in [4.78, 5) is 0. The Kier molecular flexibility index (Phi) is 7.63. The molecule has 0 unspecified atom stereocenters. The van der Waals surface area contributed by atoms with Crippen molar-refractivity contribution in [3.63, 3.8) is 0 Å². The fourth-order valence-corrected chi connectivity index (χ4v) is 8.84. The Bertz CT molecular complexity index is 794. The van der Waals surface area contributed by atoms with Crippen LogP contribution in [0.15, 0.2) is 84.1 Å². The molecule has 4 rings (SSSR count). The van der Waals surface area contributed by atoms with Crippen LogP contribution < -0.4 is 10.4 Å². The van der Waals surface area contributed by atoms with Gasteiger partial charge in [-0.2, -0.15) is 0 Å². The lowest BCUT2D eigenvalue weighted by atomic mass is 9.95. The number of nitrogens with zero attached hydrogens (tertiary/aromatic N) is 1. The summed E-state index contributed by atoms with van der Waals surface area (Å²) in [6, 6.07) is 23.5. The van der Waals surface area contributed by atoms with Crippen LogP contribution >= 0.6 is 0 Å². The Hall–Kier alpha value is -2.06. The van der Waals surface area contributed by atoms with Gasteiger partial charge in [0, 0.05) is 18.2 Å². The van der Waals surface area contributed by atoms with Crippen LogP contribution in [0.2, 0.25) is 0 Å². The molecule has 0 aliphatic heterocycles. The zero-order valence-electron chi connectivity index (χ0n) is 18.6. The normalized spacial score (nSPS) is 17.1. The van der Waals surface area contributed by atoms with Gasteiger partial charge in [-0.05, 0) is 41.6 Å². The van der Waals surface area contributed by atoms with Crippen molar-refractivity contribution in [3.8, 4) is 0 Å². The molecule has 1 nitrogen and oxygen atoms in total. The maximum atomic E-state index is 2.99. The maximum absolute atomic E-state index is 2.99. The van der Waals surface area contributed by atoms with E-state index in [9.17, 15) is 0 Å². The van der Waals surface area contributed by atoms with E-state index < -0.39 is 8.96 Å². The molecular formula is C28H37NSi. The fourth-order valence-electron chi connectivity index (χ4n) is 5.33. The predicted octanol–water partition coefficient (Wildman–Crippen LogP) is 5.95. The van der Waals surface area contributed by atoms with E-state index in [2.05, 4.69) is 84.3 Å². The fraction of sp³-hybridized carbons (Fsp3) is 0.429. The zero-order valence-corrected chi connectivity index (χ0v) is 19.8. The monoisotopic (exact) mass is 415 g/mol. The summed E-state index contributed by atoms with van der Waals surface area (Å²) >= 11 is 0. The molecule has 1 saturated carbocycles. The molecule has 1 fully saturated rings. The molecule has 0 amide bonds. The molecule has 2 aromatic carbocycles. The molecule has 2 aromatic rings. The highest BCUT2D eigenvalue weighted by molar-refractivity contribution is 6.83. The average Bonchev–Trinajstić information content (AvgIpc) is 3.27. The van der Waals surface area contributed by atoms with Crippen LogP contribution in [-0.4, -0.2) is 19.6 Å². The van der Waals surface area contributed by atoms with Gasteiger partial charge in [0.25, 0.3) is 0 Å². The Labute approximate surface area is 185 Å². The van der Waals surface area contributed by atoms with Crippen LogP contribution in [0, 0.1) is 0 Å². The summed E-state index contributed by atoms with van der Waals surface area (Å²) < 4.78 is 2.99. The first-order valence-electron chi connectivity index (χ1n) is 12.1. The van der Waals surface area contributed by atoms with Crippen molar-refractivity contribution in [2.75, 3.05) is 0 Å². The van der Waals surface area contributed by atoms with Gasteiger partial charge in [0.2, 0.25) is 8.96 Å². The lowest BCUT2D eigenvalue weighted by Crippen LogP contribution is -2.59.